The molecule has 0 fully saturated rings. The summed E-state index contributed by atoms with van der Waals surface area (Å²) in [7, 11) is 0. The molecule has 0 spiro atoms. The first kappa shape index (κ1) is 13.6. The van der Waals surface area contributed by atoms with Crippen LogP contribution >= 0.6 is 11.3 Å². The minimum Gasteiger partial charge on any atom is -1.00 e. The highest BCUT2D eigenvalue weighted by atomic mass is 35.5. The van der Waals surface area contributed by atoms with Crippen LogP contribution in [0.2, 0.25) is 0 Å². The molecule has 3 rings (SSSR count). The molecular formula is C15H12ClNOS. The monoisotopic (exact) mass is 289 g/mol. The Morgan fingerprint density at radius 2 is 1.47 bits per heavy atom. The summed E-state index contributed by atoms with van der Waals surface area (Å²) in [4.78, 5) is 4.04. The first-order valence-corrected chi connectivity index (χ1v) is 6.59. The van der Waals surface area contributed by atoms with Gasteiger partial charge in [0.05, 0.1) is 0 Å². The van der Waals surface area contributed by atoms with Crippen molar-refractivity contribution in [1.82, 2.24) is 0 Å². The lowest BCUT2D eigenvalue weighted by molar-refractivity contribution is -0.412. The Labute approximate surface area is 121 Å². The van der Waals surface area contributed by atoms with E-state index in [1.165, 1.54) is 0 Å². The third kappa shape index (κ3) is 3.34. The molecule has 2 aromatic carbocycles. The van der Waals surface area contributed by atoms with Crippen molar-refractivity contribution < 1.29 is 21.8 Å². The van der Waals surface area contributed by atoms with Crippen molar-refractivity contribution in [2.75, 3.05) is 0 Å². The van der Waals surface area contributed by atoms with Gasteiger partial charge in [-0.3, -0.25) is 0 Å². The van der Waals surface area contributed by atoms with Crippen molar-refractivity contribution >= 4 is 17.0 Å². The van der Waals surface area contributed by atoms with Crippen molar-refractivity contribution in [2.24, 2.45) is 0 Å². The van der Waals surface area contributed by atoms with Gasteiger partial charge in [-0.15, -0.1) is 0 Å². The maximum Gasteiger partial charge on any atom is 0.434 e. The molecule has 4 heteroatoms. The predicted molar refractivity (Wildman–Crippen MR) is 72.2 cm³/mol. The lowest BCUT2D eigenvalue weighted by Gasteiger charge is -1.91. The van der Waals surface area contributed by atoms with E-state index in [-0.39, 0.29) is 12.4 Å². The van der Waals surface area contributed by atoms with Crippen LogP contribution in [0.15, 0.2) is 70.5 Å². The summed E-state index contributed by atoms with van der Waals surface area (Å²) in [6.45, 7) is 0. The summed E-state index contributed by atoms with van der Waals surface area (Å²) in [5.74, 6) is 0.888. The standard InChI is InChI=1S/C15H11NOS.ClH/c1-3-7-12(8-4-1)14-11-18-15(17-14)16-13-9-5-2-6-10-13;/h1-11H;1H. The third-order valence-corrected chi connectivity index (χ3v) is 3.29. The van der Waals surface area contributed by atoms with E-state index in [1.54, 1.807) is 11.3 Å². The Kier molecular flexibility index (Phi) is 4.55. The van der Waals surface area contributed by atoms with E-state index in [2.05, 4.69) is 4.99 Å². The molecule has 0 unspecified atom stereocenters. The Morgan fingerprint density at radius 3 is 2.16 bits per heavy atom. The normalized spacial score (nSPS) is 11.1. The average molecular weight is 290 g/mol. The zero-order valence-electron chi connectivity index (χ0n) is 10.0. The summed E-state index contributed by atoms with van der Waals surface area (Å²) in [5.41, 5.74) is 2.12. The maximum absolute atomic E-state index is 5.78. The van der Waals surface area contributed by atoms with Crippen LogP contribution in [0, 0.1) is 0 Å². The van der Waals surface area contributed by atoms with Crippen LogP contribution in [0.4, 0.5) is 5.69 Å². The summed E-state index contributed by atoms with van der Waals surface area (Å²) >= 11 is 1.56. The van der Waals surface area contributed by atoms with Crippen molar-refractivity contribution in [3.05, 3.63) is 70.9 Å². The molecule has 0 aliphatic rings. The molecule has 0 atom stereocenters. The van der Waals surface area contributed by atoms with Crippen molar-refractivity contribution in [2.45, 2.75) is 0 Å². The van der Waals surface area contributed by atoms with Crippen LogP contribution in [-0.4, -0.2) is 0 Å². The number of para-hydroxylation sites is 1. The zero-order chi connectivity index (χ0) is 12.2. The predicted octanol–water partition coefficient (Wildman–Crippen LogP) is -0.675. The first-order valence-electron chi connectivity index (χ1n) is 5.71. The molecule has 0 saturated heterocycles. The van der Waals surface area contributed by atoms with Crippen LogP contribution in [0.3, 0.4) is 0 Å². The SMILES string of the molecule is [Cl-].c1ccc([NH+]=c2oc(-c3ccccc3)cs2)cc1. The number of rotatable bonds is 2. The quantitative estimate of drug-likeness (QED) is 0.665. The van der Waals surface area contributed by atoms with E-state index >= 15 is 0 Å². The van der Waals surface area contributed by atoms with Crippen molar-refractivity contribution in [3.8, 4) is 11.3 Å². The van der Waals surface area contributed by atoms with E-state index < -0.39 is 0 Å². The van der Waals surface area contributed by atoms with Crippen molar-refractivity contribution in [3.63, 3.8) is 0 Å². The number of halogens is 1. The largest absolute Gasteiger partial charge is 1.00 e. The molecule has 1 N–H and O–H groups in total. The third-order valence-electron chi connectivity index (χ3n) is 2.55. The highest BCUT2D eigenvalue weighted by Crippen LogP contribution is 2.17. The van der Waals surface area contributed by atoms with Gasteiger partial charge in [0, 0.05) is 23.1 Å². The lowest BCUT2D eigenvalue weighted by atomic mass is 10.2. The molecule has 0 bridgehead atoms. The Bertz CT molecular complexity index is 689. The number of nitrogens with one attached hydrogen (secondary N) is 1. The smallest absolute Gasteiger partial charge is 0.434 e. The second-order valence-corrected chi connectivity index (χ2v) is 4.69. The van der Waals surface area contributed by atoms with Gasteiger partial charge in [-0.25, -0.2) is 0 Å². The lowest BCUT2D eigenvalue weighted by Crippen LogP contribution is -3.00. The van der Waals surface area contributed by atoms with Crippen LogP contribution in [0.25, 0.3) is 11.3 Å². The second-order valence-electron chi connectivity index (χ2n) is 3.85. The molecule has 0 radical (unpaired) electrons. The topological polar surface area (TPSA) is 27.1 Å². The van der Waals surface area contributed by atoms with E-state index in [4.69, 9.17) is 4.42 Å². The fourth-order valence-corrected chi connectivity index (χ4v) is 2.39. The molecule has 19 heavy (non-hydrogen) atoms. The zero-order valence-corrected chi connectivity index (χ0v) is 11.6. The highest BCUT2D eigenvalue weighted by molar-refractivity contribution is 7.07. The Hall–Kier alpha value is -1.84. The van der Waals surface area contributed by atoms with Crippen LogP contribution in [-0.2, 0) is 0 Å². The molecule has 1 heterocycles. The number of benzene rings is 2. The van der Waals surface area contributed by atoms with Gasteiger partial charge in [-0.1, -0.05) is 48.5 Å². The Morgan fingerprint density at radius 1 is 0.842 bits per heavy atom. The van der Waals surface area contributed by atoms with Crippen LogP contribution < -0.4 is 22.3 Å². The first-order chi connectivity index (χ1) is 8.92. The molecule has 96 valence electrons. The van der Waals surface area contributed by atoms with Crippen LogP contribution in [0.1, 0.15) is 0 Å². The molecule has 0 amide bonds. The van der Waals surface area contributed by atoms with Gasteiger partial charge in [0.25, 0.3) is 0 Å². The maximum atomic E-state index is 5.78. The molecule has 0 aliphatic heterocycles. The van der Waals surface area contributed by atoms with Gasteiger partial charge >= 0.3 is 4.87 Å². The van der Waals surface area contributed by atoms with E-state index in [0.29, 0.717) is 0 Å². The number of hydrogen-bond acceptors (Lipinski definition) is 2. The fraction of sp³-hybridized carbons (Fsp3) is 0. The molecule has 3 aromatic rings. The highest BCUT2D eigenvalue weighted by Gasteiger charge is 2.04. The van der Waals surface area contributed by atoms with E-state index in [9.17, 15) is 0 Å². The van der Waals surface area contributed by atoms with Gasteiger partial charge < -0.3 is 16.8 Å². The van der Waals surface area contributed by atoms with E-state index in [1.807, 2.05) is 66.0 Å². The summed E-state index contributed by atoms with van der Waals surface area (Å²) in [6, 6.07) is 20.1. The van der Waals surface area contributed by atoms with Crippen LogP contribution in [0.5, 0.6) is 0 Å². The summed E-state index contributed by atoms with van der Waals surface area (Å²) in [6.07, 6.45) is 0. The van der Waals surface area contributed by atoms with Crippen molar-refractivity contribution in [1.29, 1.82) is 0 Å². The second kappa shape index (κ2) is 6.36. The van der Waals surface area contributed by atoms with Gasteiger partial charge in [0.2, 0.25) is 5.69 Å². The molecule has 0 aliphatic carbocycles. The van der Waals surface area contributed by atoms with Gasteiger partial charge in [0.15, 0.2) is 5.76 Å². The van der Waals surface area contributed by atoms with E-state index in [0.717, 1.165) is 21.9 Å². The van der Waals surface area contributed by atoms with Gasteiger partial charge in [0.1, 0.15) is 0 Å². The summed E-state index contributed by atoms with van der Waals surface area (Å²) in [5, 5.41) is 2.01. The van der Waals surface area contributed by atoms with Gasteiger partial charge in [-0.2, -0.15) is 4.99 Å². The molecule has 2 nitrogen and oxygen atoms in total. The molecular weight excluding hydrogens is 278 g/mol. The number of hydrogen-bond donors (Lipinski definition) is 1. The average Bonchev–Trinajstić information content (AvgIpc) is 2.89. The Balaban J connectivity index is 0.00000133. The molecule has 1 aromatic heterocycles. The minimum atomic E-state index is 0. The molecule has 0 saturated carbocycles. The van der Waals surface area contributed by atoms with Gasteiger partial charge in [-0.05, 0) is 11.3 Å². The minimum absolute atomic E-state index is 0. The summed E-state index contributed by atoms with van der Waals surface area (Å²) < 4.78 is 5.78. The fourth-order valence-electron chi connectivity index (χ4n) is 1.68.